The Morgan fingerprint density at radius 1 is 1.50 bits per heavy atom. The van der Waals surface area contributed by atoms with Gasteiger partial charge < -0.3 is 14.9 Å². The molecule has 0 saturated carbocycles. The topological polar surface area (TPSA) is 113 Å². The van der Waals surface area contributed by atoms with Gasteiger partial charge in [0, 0.05) is 7.11 Å². The number of hydrogen-bond acceptors (Lipinski definition) is 6. The van der Waals surface area contributed by atoms with Crippen molar-refractivity contribution in [2.75, 3.05) is 7.11 Å². The van der Waals surface area contributed by atoms with Crippen LogP contribution in [0, 0.1) is 20.2 Å². The first-order valence-corrected chi connectivity index (χ1v) is 3.41. The van der Waals surface area contributed by atoms with Gasteiger partial charge in [0.05, 0.1) is 10.0 Å². The van der Waals surface area contributed by atoms with E-state index in [2.05, 4.69) is 9.84 Å². The van der Waals surface area contributed by atoms with Crippen LogP contribution in [0.1, 0.15) is 0 Å². The molecule has 9 nitrogen and oxygen atoms in total. The van der Waals surface area contributed by atoms with E-state index < -0.39 is 21.4 Å². The maximum atomic E-state index is 10.4. The van der Waals surface area contributed by atoms with Crippen molar-refractivity contribution in [2.45, 2.75) is 6.73 Å². The zero-order valence-corrected chi connectivity index (χ0v) is 7.11. The molecule has 0 atom stereocenters. The van der Waals surface area contributed by atoms with Crippen molar-refractivity contribution < 1.29 is 14.6 Å². The lowest BCUT2D eigenvalue weighted by Crippen LogP contribution is -2.00. The van der Waals surface area contributed by atoms with Gasteiger partial charge in [0.15, 0.2) is 6.73 Å². The molecule has 0 saturated heterocycles. The van der Waals surface area contributed by atoms with Gasteiger partial charge in [-0.15, -0.1) is 4.68 Å². The van der Waals surface area contributed by atoms with E-state index >= 15 is 0 Å². The summed E-state index contributed by atoms with van der Waals surface area (Å²) in [6.07, 6.45) is 0.946. The summed E-state index contributed by atoms with van der Waals surface area (Å²) in [7, 11) is 1.35. The molecule has 1 heterocycles. The van der Waals surface area contributed by atoms with E-state index in [0.717, 1.165) is 10.9 Å². The summed E-state index contributed by atoms with van der Waals surface area (Å²) in [5.74, 6) is -0.785. The Morgan fingerprint density at radius 3 is 2.50 bits per heavy atom. The fourth-order valence-electron chi connectivity index (χ4n) is 0.858. The molecule has 0 aliphatic rings. The lowest BCUT2D eigenvalue weighted by Gasteiger charge is -1.89. The van der Waals surface area contributed by atoms with Crippen molar-refractivity contribution in [1.82, 2.24) is 9.78 Å². The number of hydrogen-bond donors (Lipinski definition) is 0. The second-order valence-electron chi connectivity index (χ2n) is 2.31. The Morgan fingerprint density at radius 2 is 2.14 bits per heavy atom. The second-order valence-corrected chi connectivity index (χ2v) is 2.31. The fraction of sp³-hybridized carbons (Fsp3) is 0.400. The molecule has 0 aliphatic carbocycles. The van der Waals surface area contributed by atoms with E-state index in [0.29, 0.717) is 0 Å². The largest absolute Gasteiger partial charge is 0.467 e. The van der Waals surface area contributed by atoms with Crippen LogP contribution in [0.2, 0.25) is 0 Å². The molecule has 0 radical (unpaired) electrons. The normalized spacial score (nSPS) is 10.1. The summed E-state index contributed by atoms with van der Waals surface area (Å²) >= 11 is 0. The Balaban J connectivity index is 3.12. The third kappa shape index (κ3) is 1.82. The number of rotatable bonds is 4. The summed E-state index contributed by atoms with van der Waals surface area (Å²) in [4.78, 5) is 18.9. The quantitative estimate of drug-likeness (QED) is 0.512. The third-order valence-electron chi connectivity index (χ3n) is 1.35. The lowest BCUT2D eigenvalue weighted by atomic mass is 10.5. The van der Waals surface area contributed by atoms with Crippen molar-refractivity contribution in [2.24, 2.45) is 0 Å². The first kappa shape index (κ1) is 10.1. The predicted molar refractivity (Wildman–Crippen MR) is 42.5 cm³/mol. The summed E-state index contributed by atoms with van der Waals surface area (Å²) in [6, 6.07) is 0. The van der Waals surface area contributed by atoms with Gasteiger partial charge in [0.1, 0.15) is 6.20 Å². The highest BCUT2D eigenvalue weighted by Gasteiger charge is 2.30. The average molecular weight is 202 g/mol. The molecule has 0 amide bonds. The van der Waals surface area contributed by atoms with E-state index in [1.54, 1.807) is 0 Å². The number of aromatic nitrogens is 2. The predicted octanol–water partition coefficient (Wildman–Crippen LogP) is 0.303. The summed E-state index contributed by atoms with van der Waals surface area (Å²) < 4.78 is 5.59. The van der Waals surface area contributed by atoms with E-state index in [4.69, 9.17) is 0 Å². The molecule has 0 bridgehead atoms. The molecule has 0 aliphatic heterocycles. The molecule has 9 heteroatoms. The SMILES string of the molecule is COCn1cc([N+](=O)[O-])c([N+](=O)[O-])n1. The molecule has 0 spiro atoms. The standard InChI is InChI=1S/C5H6N4O5/c1-14-3-7-2-4(8(10)11)5(6-7)9(12)13/h2H,3H2,1H3. The van der Waals surface area contributed by atoms with Crippen molar-refractivity contribution in [3.8, 4) is 0 Å². The van der Waals surface area contributed by atoms with Crippen LogP contribution < -0.4 is 0 Å². The Labute approximate surface area is 77.2 Å². The highest BCUT2D eigenvalue weighted by atomic mass is 16.6. The third-order valence-corrected chi connectivity index (χ3v) is 1.35. The molecule has 0 N–H and O–H groups in total. The monoisotopic (exact) mass is 202 g/mol. The minimum absolute atomic E-state index is 0.0747. The maximum absolute atomic E-state index is 10.4. The van der Waals surface area contributed by atoms with Crippen LogP contribution in [0.5, 0.6) is 0 Å². The van der Waals surface area contributed by atoms with Gasteiger partial charge in [0.25, 0.3) is 0 Å². The summed E-state index contributed by atoms with van der Waals surface area (Å²) in [5, 5.41) is 24.1. The van der Waals surface area contributed by atoms with Gasteiger partial charge in [-0.3, -0.25) is 10.1 Å². The summed E-state index contributed by atoms with van der Waals surface area (Å²) in [5.41, 5.74) is -0.646. The molecular formula is C5H6N4O5. The van der Waals surface area contributed by atoms with Crippen LogP contribution in [0.25, 0.3) is 0 Å². The highest BCUT2D eigenvalue weighted by molar-refractivity contribution is 5.44. The van der Waals surface area contributed by atoms with Gasteiger partial charge in [-0.2, -0.15) is 0 Å². The number of nitrogens with zero attached hydrogens (tertiary/aromatic N) is 4. The van der Waals surface area contributed by atoms with Crippen LogP contribution >= 0.6 is 0 Å². The summed E-state index contributed by atoms with van der Waals surface area (Å²) in [6.45, 7) is -0.0747. The van der Waals surface area contributed by atoms with Crippen molar-refractivity contribution >= 4 is 11.5 Å². The Hall–Kier alpha value is -2.03. The van der Waals surface area contributed by atoms with Crippen LogP contribution in [-0.4, -0.2) is 26.7 Å². The molecular weight excluding hydrogens is 196 g/mol. The molecule has 1 aromatic heterocycles. The van der Waals surface area contributed by atoms with Crippen LogP contribution in [0.15, 0.2) is 6.20 Å². The molecule has 14 heavy (non-hydrogen) atoms. The van der Waals surface area contributed by atoms with Crippen molar-refractivity contribution in [3.05, 3.63) is 26.4 Å². The Bertz CT molecular complexity index is 341. The first-order valence-electron chi connectivity index (χ1n) is 3.41. The van der Waals surface area contributed by atoms with E-state index in [1.165, 1.54) is 7.11 Å². The maximum Gasteiger partial charge on any atom is 0.467 e. The highest BCUT2D eigenvalue weighted by Crippen LogP contribution is 2.23. The van der Waals surface area contributed by atoms with Crippen molar-refractivity contribution in [3.63, 3.8) is 0 Å². The van der Waals surface area contributed by atoms with E-state index in [1.807, 2.05) is 0 Å². The molecule has 0 unspecified atom stereocenters. The van der Waals surface area contributed by atoms with E-state index in [-0.39, 0.29) is 6.73 Å². The number of nitro groups is 2. The fourth-order valence-corrected chi connectivity index (χ4v) is 0.858. The molecule has 0 aromatic carbocycles. The number of methoxy groups -OCH3 is 1. The van der Waals surface area contributed by atoms with Crippen molar-refractivity contribution in [1.29, 1.82) is 0 Å². The van der Waals surface area contributed by atoms with Gasteiger partial charge in [-0.05, 0) is 4.92 Å². The average Bonchev–Trinajstić information content (AvgIpc) is 2.49. The van der Waals surface area contributed by atoms with E-state index in [9.17, 15) is 20.2 Å². The van der Waals surface area contributed by atoms with Gasteiger partial charge in [-0.1, -0.05) is 0 Å². The first-order chi connectivity index (χ1) is 6.56. The van der Waals surface area contributed by atoms with Crippen LogP contribution in [0.3, 0.4) is 0 Å². The Kier molecular flexibility index (Phi) is 2.72. The van der Waals surface area contributed by atoms with Gasteiger partial charge in [0.2, 0.25) is 0 Å². The van der Waals surface area contributed by atoms with Crippen LogP contribution in [0.4, 0.5) is 11.5 Å². The molecule has 0 fully saturated rings. The van der Waals surface area contributed by atoms with Crippen LogP contribution in [-0.2, 0) is 11.5 Å². The molecule has 1 aromatic rings. The smallest absolute Gasteiger partial charge is 0.360 e. The lowest BCUT2D eigenvalue weighted by molar-refractivity contribution is -0.424. The second kappa shape index (κ2) is 3.79. The zero-order chi connectivity index (χ0) is 10.7. The molecule has 76 valence electrons. The minimum Gasteiger partial charge on any atom is -0.360 e. The van der Waals surface area contributed by atoms with Gasteiger partial charge >= 0.3 is 11.5 Å². The number of ether oxygens (including phenoxy) is 1. The minimum atomic E-state index is -0.912. The molecule has 1 rings (SSSR count). The van der Waals surface area contributed by atoms with Gasteiger partial charge in [-0.25, -0.2) is 0 Å². The zero-order valence-electron chi connectivity index (χ0n) is 7.11.